The van der Waals surface area contributed by atoms with E-state index in [1.165, 1.54) is 41.5 Å². The zero-order chi connectivity index (χ0) is 13.7. The summed E-state index contributed by atoms with van der Waals surface area (Å²) in [7, 11) is 0. The lowest BCUT2D eigenvalue weighted by atomic mass is 9.86. The predicted octanol–water partition coefficient (Wildman–Crippen LogP) is 5.19. The van der Waals surface area contributed by atoms with Crippen LogP contribution in [0.15, 0.2) is 43.0 Å². The first-order chi connectivity index (χ1) is 9.83. The van der Waals surface area contributed by atoms with Crippen LogP contribution in [0.2, 0.25) is 0 Å². The highest BCUT2D eigenvalue weighted by Crippen LogP contribution is 2.56. The standard InChI is InChI=1S/C19H19N/c1-3-12(4-2)19-18-14-10-9-13(11-14)17(18)15-7-5-6-8-16(15)20-19/h3-8,13-14H,1,9-11H2,2H3. The second-order valence-electron chi connectivity index (χ2n) is 5.96. The summed E-state index contributed by atoms with van der Waals surface area (Å²) in [5.41, 5.74) is 6.61. The third-order valence-corrected chi connectivity index (χ3v) is 5.03. The number of para-hydroxylation sites is 1. The van der Waals surface area contributed by atoms with Crippen LogP contribution in [-0.2, 0) is 0 Å². The number of hydrogen-bond donors (Lipinski definition) is 0. The van der Waals surface area contributed by atoms with Crippen molar-refractivity contribution in [2.75, 3.05) is 0 Å². The number of fused-ring (bicyclic) bond motifs is 7. The van der Waals surface area contributed by atoms with Crippen LogP contribution in [0.25, 0.3) is 16.5 Å². The van der Waals surface area contributed by atoms with Crippen LogP contribution in [0, 0.1) is 0 Å². The molecule has 2 aliphatic rings. The Balaban J connectivity index is 2.11. The van der Waals surface area contributed by atoms with Crippen molar-refractivity contribution in [1.29, 1.82) is 0 Å². The van der Waals surface area contributed by atoms with Gasteiger partial charge in [0, 0.05) is 5.39 Å². The van der Waals surface area contributed by atoms with Crippen LogP contribution in [0.5, 0.6) is 0 Å². The number of rotatable bonds is 2. The summed E-state index contributed by atoms with van der Waals surface area (Å²) in [6.45, 7) is 6.04. The maximum atomic E-state index is 4.97. The Labute approximate surface area is 120 Å². The first-order valence-electron chi connectivity index (χ1n) is 7.55. The number of aromatic nitrogens is 1. The molecule has 0 N–H and O–H groups in total. The maximum Gasteiger partial charge on any atom is 0.0743 e. The van der Waals surface area contributed by atoms with Crippen molar-refractivity contribution >= 4 is 16.5 Å². The average Bonchev–Trinajstić information content (AvgIpc) is 3.10. The van der Waals surface area contributed by atoms with Crippen LogP contribution in [0.4, 0.5) is 0 Å². The predicted molar refractivity (Wildman–Crippen MR) is 84.9 cm³/mol. The van der Waals surface area contributed by atoms with Crippen molar-refractivity contribution in [3.8, 4) is 0 Å². The molecule has 4 rings (SSSR count). The molecule has 1 heteroatoms. The first-order valence-corrected chi connectivity index (χ1v) is 7.55. The van der Waals surface area contributed by atoms with Crippen molar-refractivity contribution in [1.82, 2.24) is 4.98 Å². The van der Waals surface area contributed by atoms with Gasteiger partial charge in [-0.3, -0.25) is 0 Å². The smallest absolute Gasteiger partial charge is 0.0743 e. The Morgan fingerprint density at radius 2 is 1.95 bits per heavy atom. The Hall–Kier alpha value is -1.89. The third kappa shape index (κ3) is 1.46. The SMILES string of the molecule is C=CC(=CC)c1nc2ccccc2c2c1C1CCC2C1. The monoisotopic (exact) mass is 261 g/mol. The molecule has 1 aromatic heterocycles. The second kappa shape index (κ2) is 4.31. The second-order valence-corrected chi connectivity index (χ2v) is 5.96. The van der Waals surface area contributed by atoms with Gasteiger partial charge in [-0.15, -0.1) is 0 Å². The van der Waals surface area contributed by atoms with E-state index < -0.39 is 0 Å². The molecule has 0 saturated heterocycles. The van der Waals surface area contributed by atoms with E-state index in [1.54, 1.807) is 5.56 Å². The van der Waals surface area contributed by atoms with Crippen molar-refractivity contribution in [3.63, 3.8) is 0 Å². The summed E-state index contributed by atoms with van der Waals surface area (Å²) in [5, 5.41) is 1.37. The van der Waals surface area contributed by atoms with Crippen molar-refractivity contribution < 1.29 is 0 Å². The zero-order valence-electron chi connectivity index (χ0n) is 11.9. The highest BCUT2D eigenvalue weighted by molar-refractivity contribution is 5.89. The minimum absolute atomic E-state index is 0.719. The van der Waals surface area contributed by atoms with E-state index in [1.807, 2.05) is 6.08 Å². The van der Waals surface area contributed by atoms with E-state index in [0.717, 1.165) is 17.4 Å². The van der Waals surface area contributed by atoms with Crippen LogP contribution < -0.4 is 0 Å². The van der Waals surface area contributed by atoms with E-state index in [9.17, 15) is 0 Å². The summed E-state index contributed by atoms with van der Waals surface area (Å²) < 4.78 is 0. The van der Waals surface area contributed by atoms with Gasteiger partial charge in [0.25, 0.3) is 0 Å². The summed E-state index contributed by atoms with van der Waals surface area (Å²) >= 11 is 0. The van der Waals surface area contributed by atoms with Gasteiger partial charge in [-0.05, 0) is 60.8 Å². The lowest BCUT2D eigenvalue weighted by Crippen LogP contribution is -2.06. The fraction of sp³-hybridized carbons (Fsp3) is 0.316. The minimum atomic E-state index is 0.719. The molecule has 1 heterocycles. The molecule has 20 heavy (non-hydrogen) atoms. The molecular weight excluding hydrogens is 242 g/mol. The summed E-state index contributed by atoms with van der Waals surface area (Å²) in [5.74, 6) is 1.47. The number of hydrogen-bond acceptors (Lipinski definition) is 1. The molecule has 100 valence electrons. The van der Waals surface area contributed by atoms with Gasteiger partial charge in [-0.2, -0.15) is 0 Å². The fourth-order valence-electron chi connectivity index (χ4n) is 4.18. The largest absolute Gasteiger partial charge is 0.247 e. The number of allylic oxidation sites excluding steroid dienone is 3. The molecule has 2 unspecified atom stereocenters. The molecule has 1 saturated carbocycles. The Kier molecular flexibility index (Phi) is 2.56. The Morgan fingerprint density at radius 3 is 2.70 bits per heavy atom. The normalized spacial score (nSPS) is 24.1. The maximum absolute atomic E-state index is 4.97. The van der Waals surface area contributed by atoms with Crippen LogP contribution in [-0.4, -0.2) is 4.98 Å². The third-order valence-electron chi connectivity index (χ3n) is 5.03. The van der Waals surface area contributed by atoms with Crippen LogP contribution in [0.3, 0.4) is 0 Å². The van der Waals surface area contributed by atoms with Gasteiger partial charge in [-0.25, -0.2) is 4.98 Å². The summed E-state index contributed by atoms with van der Waals surface area (Å²) in [6, 6.07) is 8.61. The number of pyridine rings is 1. The minimum Gasteiger partial charge on any atom is -0.247 e. The summed E-state index contributed by atoms with van der Waals surface area (Å²) in [4.78, 5) is 4.97. The number of benzene rings is 1. The molecule has 0 spiro atoms. The molecule has 0 radical (unpaired) electrons. The molecule has 0 aliphatic heterocycles. The van der Waals surface area contributed by atoms with E-state index in [0.29, 0.717) is 0 Å². The van der Waals surface area contributed by atoms with Gasteiger partial charge >= 0.3 is 0 Å². The van der Waals surface area contributed by atoms with E-state index in [4.69, 9.17) is 4.98 Å². The molecule has 1 fully saturated rings. The van der Waals surface area contributed by atoms with E-state index in [-0.39, 0.29) is 0 Å². The van der Waals surface area contributed by atoms with E-state index >= 15 is 0 Å². The highest BCUT2D eigenvalue weighted by atomic mass is 14.7. The van der Waals surface area contributed by atoms with Gasteiger partial charge in [-0.1, -0.05) is 36.9 Å². The molecule has 2 atom stereocenters. The molecule has 2 aliphatic carbocycles. The molecule has 2 aromatic rings. The fourth-order valence-corrected chi connectivity index (χ4v) is 4.18. The molecule has 2 bridgehead atoms. The van der Waals surface area contributed by atoms with Crippen molar-refractivity contribution in [3.05, 3.63) is 59.8 Å². The Bertz CT molecular complexity index is 739. The van der Waals surface area contributed by atoms with Crippen LogP contribution >= 0.6 is 0 Å². The molecular formula is C19H19N. The van der Waals surface area contributed by atoms with E-state index in [2.05, 4.69) is 43.8 Å². The lowest BCUT2D eigenvalue weighted by molar-refractivity contribution is 0.717. The molecule has 1 aromatic carbocycles. The van der Waals surface area contributed by atoms with Gasteiger partial charge in [0.1, 0.15) is 0 Å². The van der Waals surface area contributed by atoms with Gasteiger partial charge in [0.15, 0.2) is 0 Å². The average molecular weight is 261 g/mol. The van der Waals surface area contributed by atoms with Crippen molar-refractivity contribution in [2.24, 2.45) is 0 Å². The lowest BCUT2D eigenvalue weighted by Gasteiger charge is -2.21. The van der Waals surface area contributed by atoms with Crippen molar-refractivity contribution in [2.45, 2.75) is 38.0 Å². The van der Waals surface area contributed by atoms with Gasteiger partial charge < -0.3 is 0 Å². The number of nitrogens with zero attached hydrogens (tertiary/aromatic N) is 1. The zero-order valence-corrected chi connectivity index (χ0v) is 11.9. The molecule has 1 nitrogen and oxygen atoms in total. The summed E-state index contributed by atoms with van der Waals surface area (Å²) in [6.07, 6.45) is 8.09. The van der Waals surface area contributed by atoms with Gasteiger partial charge in [0.2, 0.25) is 0 Å². The van der Waals surface area contributed by atoms with Crippen LogP contribution in [0.1, 0.15) is 54.8 Å². The highest BCUT2D eigenvalue weighted by Gasteiger charge is 2.40. The molecule has 0 amide bonds. The van der Waals surface area contributed by atoms with Gasteiger partial charge in [0.05, 0.1) is 11.2 Å². The first kappa shape index (κ1) is 11.9. The Morgan fingerprint density at radius 1 is 1.20 bits per heavy atom. The quantitative estimate of drug-likeness (QED) is 0.678. The topological polar surface area (TPSA) is 12.9 Å².